The van der Waals surface area contributed by atoms with Crippen LogP contribution in [-0.2, 0) is 17.8 Å². The molecule has 1 aromatic carbocycles. The molecule has 0 aliphatic carbocycles. The summed E-state index contributed by atoms with van der Waals surface area (Å²) in [4.78, 5) is 14.2. The van der Waals surface area contributed by atoms with Gasteiger partial charge in [0.1, 0.15) is 0 Å². The molecule has 1 saturated heterocycles. The molecule has 1 aromatic rings. The molecular weight excluding hydrogens is 250 g/mol. The number of nitrogens with zero attached hydrogens (tertiary/aromatic N) is 1. The average molecular weight is 273 g/mol. The van der Waals surface area contributed by atoms with E-state index < -0.39 is 0 Å². The first kappa shape index (κ1) is 13.4. The number of carbonyl (C=O) groups excluding carboxylic acids is 1. The summed E-state index contributed by atoms with van der Waals surface area (Å²) >= 11 is 0. The van der Waals surface area contributed by atoms with Gasteiger partial charge in [-0.1, -0.05) is 12.1 Å². The van der Waals surface area contributed by atoms with Crippen LogP contribution in [0.15, 0.2) is 18.2 Å². The summed E-state index contributed by atoms with van der Waals surface area (Å²) < 4.78 is 0. The van der Waals surface area contributed by atoms with Crippen LogP contribution in [0.25, 0.3) is 0 Å². The van der Waals surface area contributed by atoms with Gasteiger partial charge in [-0.2, -0.15) is 0 Å². The number of hydrogen-bond donors (Lipinski definition) is 2. The third-order valence-corrected chi connectivity index (χ3v) is 4.57. The molecule has 0 radical (unpaired) electrons. The quantitative estimate of drug-likeness (QED) is 0.853. The molecule has 2 aliphatic heterocycles. The SMILES string of the molecule is CNC(=O)C1CCN(c2cccc3c2CNCC3)CC1. The van der Waals surface area contributed by atoms with Gasteiger partial charge in [0.15, 0.2) is 0 Å². The second-order valence-corrected chi connectivity index (χ2v) is 5.72. The highest BCUT2D eigenvalue weighted by Crippen LogP contribution is 2.30. The van der Waals surface area contributed by atoms with Crippen LogP contribution < -0.4 is 15.5 Å². The Hall–Kier alpha value is -1.55. The molecule has 4 nitrogen and oxygen atoms in total. The zero-order valence-electron chi connectivity index (χ0n) is 12.1. The van der Waals surface area contributed by atoms with Crippen molar-refractivity contribution in [1.82, 2.24) is 10.6 Å². The average Bonchev–Trinajstić information content (AvgIpc) is 2.54. The highest BCUT2D eigenvalue weighted by atomic mass is 16.1. The van der Waals surface area contributed by atoms with Gasteiger partial charge < -0.3 is 15.5 Å². The normalized spacial score (nSPS) is 19.6. The number of anilines is 1. The molecular formula is C16H23N3O. The van der Waals surface area contributed by atoms with E-state index in [4.69, 9.17) is 0 Å². The molecule has 0 aromatic heterocycles. The lowest BCUT2D eigenvalue weighted by atomic mass is 9.93. The van der Waals surface area contributed by atoms with E-state index >= 15 is 0 Å². The third kappa shape index (κ3) is 2.52. The van der Waals surface area contributed by atoms with Crippen molar-refractivity contribution in [1.29, 1.82) is 0 Å². The van der Waals surface area contributed by atoms with Crippen molar-refractivity contribution in [2.24, 2.45) is 5.92 Å². The monoisotopic (exact) mass is 273 g/mol. The Balaban J connectivity index is 1.74. The summed E-state index contributed by atoms with van der Waals surface area (Å²) in [5, 5.41) is 6.24. The van der Waals surface area contributed by atoms with Crippen LogP contribution in [0.4, 0.5) is 5.69 Å². The minimum Gasteiger partial charge on any atom is -0.371 e. The summed E-state index contributed by atoms with van der Waals surface area (Å²) in [6.45, 7) is 4.01. The Kier molecular flexibility index (Phi) is 3.92. The molecule has 1 amide bonds. The van der Waals surface area contributed by atoms with Crippen molar-refractivity contribution in [3.63, 3.8) is 0 Å². The minimum absolute atomic E-state index is 0.189. The highest BCUT2D eigenvalue weighted by molar-refractivity contribution is 5.78. The van der Waals surface area contributed by atoms with Crippen LogP contribution in [0.1, 0.15) is 24.0 Å². The van der Waals surface area contributed by atoms with Crippen LogP contribution in [0.2, 0.25) is 0 Å². The van der Waals surface area contributed by atoms with Gasteiger partial charge in [0.25, 0.3) is 0 Å². The molecule has 0 bridgehead atoms. The molecule has 1 fully saturated rings. The largest absolute Gasteiger partial charge is 0.371 e. The number of hydrogen-bond acceptors (Lipinski definition) is 3. The molecule has 2 aliphatic rings. The zero-order chi connectivity index (χ0) is 13.9. The summed E-state index contributed by atoms with van der Waals surface area (Å²) in [5.41, 5.74) is 4.30. The Morgan fingerprint density at radius 3 is 2.90 bits per heavy atom. The van der Waals surface area contributed by atoms with Gasteiger partial charge in [-0.3, -0.25) is 4.79 Å². The van der Waals surface area contributed by atoms with E-state index in [0.717, 1.165) is 45.4 Å². The van der Waals surface area contributed by atoms with Crippen molar-refractivity contribution in [2.45, 2.75) is 25.8 Å². The number of fused-ring (bicyclic) bond motifs is 1. The fourth-order valence-electron chi connectivity index (χ4n) is 3.38. The van der Waals surface area contributed by atoms with Gasteiger partial charge in [0.2, 0.25) is 5.91 Å². The summed E-state index contributed by atoms with van der Waals surface area (Å²) in [7, 11) is 1.73. The molecule has 0 spiro atoms. The Morgan fingerprint density at radius 2 is 2.15 bits per heavy atom. The number of carbonyl (C=O) groups is 1. The fraction of sp³-hybridized carbons (Fsp3) is 0.562. The molecule has 4 heteroatoms. The number of amides is 1. The Bertz CT molecular complexity index is 492. The maximum Gasteiger partial charge on any atom is 0.222 e. The Labute approximate surface area is 120 Å². The molecule has 2 heterocycles. The fourth-order valence-corrected chi connectivity index (χ4v) is 3.38. The lowest BCUT2D eigenvalue weighted by molar-refractivity contribution is -0.125. The van der Waals surface area contributed by atoms with E-state index in [1.165, 1.54) is 16.8 Å². The standard InChI is InChI=1S/C16H23N3O/c1-17-16(20)13-6-9-19(10-7-13)15-4-2-3-12-5-8-18-11-14(12)15/h2-4,13,18H,5-11H2,1H3,(H,17,20). The molecule has 3 rings (SSSR count). The first-order valence-electron chi connectivity index (χ1n) is 7.57. The lowest BCUT2D eigenvalue weighted by Gasteiger charge is -2.35. The van der Waals surface area contributed by atoms with Crippen LogP contribution in [0.5, 0.6) is 0 Å². The van der Waals surface area contributed by atoms with Crippen molar-refractivity contribution in [3.8, 4) is 0 Å². The lowest BCUT2D eigenvalue weighted by Crippen LogP contribution is -2.40. The number of nitrogens with one attached hydrogen (secondary N) is 2. The molecule has 0 saturated carbocycles. The van der Waals surface area contributed by atoms with E-state index in [0.29, 0.717) is 0 Å². The van der Waals surface area contributed by atoms with E-state index in [2.05, 4.69) is 33.7 Å². The van der Waals surface area contributed by atoms with E-state index in [9.17, 15) is 4.79 Å². The van der Waals surface area contributed by atoms with Gasteiger partial charge in [-0.25, -0.2) is 0 Å². The van der Waals surface area contributed by atoms with Crippen LogP contribution in [0, 0.1) is 5.92 Å². The molecule has 108 valence electrons. The summed E-state index contributed by atoms with van der Waals surface area (Å²) in [6.07, 6.45) is 3.03. The van der Waals surface area contributed by atoms with E-state index in [-0.39, 0.29) is 11.8 Å². The Morgan fingerprint density at radius 1 is 1.35 bits per heavy atom. The summed E-state index contributed by atoms with van der Waals surface area (Å²) in [6, 6.07) is 6.65. The predicted molar refractivity (Wildman–Crippen MR) is 80.9 cm³/mol. The number of benzene rings is 1. The maximum atomic E-state index is 11.7. The second kappa shape index (κ2) is 5.83. The smallest absolute Gasteiger partial charge is 0.222 e. The third-order valence-electron chi connectivity index (χ3n) is 4.57. The first-order valence-corrected chi connectivity index (χ1v) is 7.57. The first-order chi connectivity index (χ1) is 9.79. The summed E-state index contributed by atoms with van der Waals surface area (Å²) in [5.74, 6) is 0.385. The van der Waals surface area contributed by atoms with Crippen molar-refractivity contribution in [2.75, 3.05) is 31.6 Å². The van der Waals surface area contributed by atoms with Crippen molar-refractivity contribution in [3.05, 3.63) is 29.3 Å². The highest BCUT2D eigenvalue weighted by Gasteiger charge is 2.26. The van der Waals surface area contributed by atoms with E-state index in [1.54, 1.807) is 7.05 Å². The van der Waals surface area contributed by atoms with Crippen molar-refractivity contribution < 1.29 is 4.79 Å². The van der Waals surface area contributed by atoms with Gasteiger partial charge in [0, 0.05) is 38.3 Å². The van der Waals surface area contributed by atoms with Gasteiger partial charge in [0.05, 0.1) is 0 Å². The topological polar surface area (TPSA) is 44.4 Å². The van der Waals surface area contributed by atoms with Crippen LogP contribution in [-0.4, -0.2) is 32.6 Å². The molecule has 2 N–H and O–H groups in total. The zero-order valence-corrected chi connectivity index (χ0v) is 12.1. The second-order valence-electron chi connectivity index (χ2n) is 5.72. The van der Waals surface area contributed by atoms with Gasteiger partial charge in [-0.15, -0.1) is 0 Å². The molecule has 0 atom stereocenters. The van der Waals surface area contributed by atoms with Gasteiger partial charge >= 0.3 is 0 Å². The van der Waals surface area contributed by atoms with Crippen LogP contribution in [0.3, 0.4) is 0 Å². The minimum atomic E-state index is 0.189. The van der Waals surface area contributed by atoms with Gasteiger partial charge in [-0.05, 0) is 43.0 Å². The maximum absolute atomic E-state index is 11.7. The van der Waals surface area contributed by atoms with E-state index in [1.807, 2.05) is 0 Å². The number of rotatable bonds is 2. The van der Waals surface area contributed by atoms with Crippen molar-refractivity contribution >= 4 is 11.6 Å². The molecule has 0 unspecified atom stereocenters. The van der Waals surface area contributed by atoms with Crippen LogP contribution >= 0.6 is 0 Å². The number of piperidine rings is 1. The predicted octanol–water partition coefficient (Wildman–Crippen LogP) is 1.29. The molecule has 20 heavy (non-hydrogen) atoms.